The topological polar surface area (TPSA) is 75.2 Å². The Morgan fingerprint density at radius 3 is 2.36 bits per heavy atom. The van der Waals surface area contributed by atoms with Crippen LogP contribution in [0.25, 0.3) is 0 Å². The maximum absolute atomic E-state index is 11.9. The van der Waals surface area contributed by atoms with Gasteiger partial charge in [0.25, 0.3) is 0 Å². The van der Waals surface area contributed by atoms with Crippen LogP contribution in [0.15, 0.2) is 8.68 Å². The first-order valence-electron chi connectivity index (χ1n) is 7.05. The number of nitrogens with zero attached hydrogens (tertiary/aromatic N) is 3. The van der Waals surface area contributed by atoms with Gasteiger partial charge in [0.05, 0.1) is 11.5 Å². The minimum absolute atomic E-state index is 0.00462. The monoisotopic (exact) mass is 362 g/mol. The molecule has 0 radical (unpaired) electrons. The Hall–Kier alpha value is -0.800. The van der Waals surface area contributed by atoms with E-state index >= 15 is 0 Å². The molecule has 6 nitrogen and oxygen atoms in total. The number of aromatic nitrogens is 2. The summed E-state index contributed by atoms with van der Waals surface area (Å²) in [5, 5.41) is 10.9. The molecule has 1 aromatic heterocycles. The van der Waals surface area contributed by atoms with Gasteiger partial charge in [-0.25, -0.2) is 0 Å². The summed E-state index contributed by atoms with van der Waals surface area (Å²) in [5.41, 5.74) is 0. The Labute approximate surface area is 143 Å². The van der Waals surface area contributed by atoms with Crippen LogP contribution in [0, 0.1) is 0 Å². The number of rotatable bonds is 9. The quantitative estimate of drug-likeness (QED) is 0.678. The van der Waals surface area contributed by atoms with E-state index in [1.165, 1.54) is 34.9 Å². The van der Waals surface area contributed by atoms with Gasteiger partial charge < -0.3 is 10.2 Å². The Bertz CT molecular complexity index is 493. The number of amides is 2. The molecule has 0 bridgehead atoms. The minimum Gasteiger partial charge on any atom is -0.355 e. The normalized spacial score (nSPS) is 10.8. The first-order chi connectivity index (χ1) is 10.4. The molecule has 0 aliphatic rings. The summed E-state index contributed by atoms with van der Waals surface area (Å²) in [6.45, 7) is 6.67. The zero-order valence-corrected chi connectivity index (χ0v) is 15.7. The summed E-state index contributed by atoms with van der Waals surface area (Å²) in [6, 6.07) is 0.190. The molecule has 0 unspecified atom stereocenters. The fraction of sp³-hybridized carbons (Fsp3) is 0.692. The Morgan fingerprint density at radius 1 is 1.23 bits per heavy atom. The maximum Gasteiger partial charge on any atom is 0.232 e. The van der Waals surface area contributed by atoms with E-state index in [1.807, 2.05) is 20.8 Å². The SMILES string of the molecule is CCCNC(=O)CSc1nnc(SCC(=O)N(C)C(C)C)s1. The van der Waals surface area contributed by atoms with Gasteiger partial charge in [0, 0.05) is 19.6 Å². The van der Waals surface area contributed by atoms with Crippen LogP contribution in [-0.2, 0) is 9.59 Å². The number of hydrogen-bond acceptors (Lipinski definition) is 7. The minimum atomic E-state index is 0.00462. The third kappa shape index (κ3) is 6.97. The van der Waals surface area contributed by atoms with Gasteiger partial charge in [-0.05, 0) is 20.3 Å². The van der Waals surface area contributed by atoms with E-state index in [-0.39, 0.29) is 17.9 Å². The summed E-state index contributed by atoms with van der Waals surface area (Å²) in [5.74, 6) is 0.771. The standard InChI is InChI=1S/C13H22N4O2S3/c1-5-6-14-10(18)7-20-12-15-16-13(22-12)21-8-11(19)17(4)9(2)3/h9H,5-8H2,1-4H3,(H,14,18). The van der Waals surface area contributed by atoms with Crippen LogP contribution in [0.3, 0.4) is 0 Å². The van der Waals surface area contributed by atoms with Crippen molar-refractivity contribution in [2.75, 3.05) is 25.1 Å². The van der Waals surface area contributed by atoms with Crippen molar-refractivity contribution >= 4 is 46.7 Å². The van der Waals surface area contributed by atoms with E-state index in [4.69, 9.17) is 0 Å². The van der Waals surface area contributed by atoms with Gasteiger partial charge in [0.2, 0.25) is 11.8 Å². The Kier molecular flexibility index (Phi) is 8.81. The van der Waals surface area contributed by atoms with Gasteiger partial charge >= 0.3 is 0 Å². The largest absolute Gasteiger partial charge is 0.355 e. The highest BCUT2D eigenvalue weighted by molar-refractivity contribution is 8.03. The molecule has 0 saturated carbocycles. The second-order valence-electron chi connectivity index (χ2n) is 4.86. The highest BCUT2D eigenvalue weighted by Crippen LogP contribution is 2.28. The number of carbonyl (C=O) groups is 2. The van der Waals surface area contributed by atoms with Crippen LogP contribution in [0.4, 0.5) is 0 Å². The van der Waals surface area contributed by atoms with Gasteiger partial charge in [-0.15, -0.1) is 10.2 Å². The molecule has 0 fully saturated rings. The zero-order valence-electron chi connectivity index (χ0n) is 13.3. The highest BCUT2D eigenvalue weighted by Gasteiger charge is 2.14. The molecule has 1 N–H and O–H groups in total. The van der Waals surface area contributed by atoms with E-state index in [0.29, 0.717) is 18.1 Å². The molecule has 0 saturated heterocycles. The van der Waals surface area contributed by atoms with Crippen molar-refractivity contribution in [2.24, 2.45) is 0 Å². The second-order valence-corrected chi connectivity index (χ2v) is 8.28. The first-order valence-corrected chi connectivity index (χ1v) is 9.84. The van der Waals surface area contributed by atoms with E-state index in [1.54, 1.807) is 11.9 Å². The number of thioether (sulfide) groups is 2. The third-order valence-electron chi connectivity index (χ3n) is 2.77. The molecule has 0 aromatic carbocycles. The summed E-state index contributed by atoms with van der Waals surface area (Å²) in [6.07, 6.45) is 0.925. The van der Waals surface area contributed by atoms with Crippen LogP contribution >= 0.6 is 34.9 Å². The summed E-state index contributed by atoms with van der Waals surface area (Å²) in [4.78, 5) is 25.1. The van der Waals surface area contributed by atoms with Gasteiger partial charge in [0.1, 0.15) is 0 Å². The Morgan fingerprint density at radius 2 is 1.82 bits per heavy atom. The predicted octanol–water partition coefficient (Wildman–Crippen LogP) is 2.12. The lowest BCUT2D eigenvalue weighted by Crippen LogP contribution is -2.34. The van der Waals surface area contributed by atoms with Crippen LogP contribution in [0.5, 0.6) is 0 Å². The van der Waals surface area contributed by atoms with E-state index in [9.17, 15) is 9.59 Å². The lowest BCUT2D eigenvalue weighted by Gasteiger charge is -2.20. The molecule has 0 atom stereocenters. The van der Waals surface area contributed by atoms with Crippen molar-refractivity contribution < 1.29 is 9.59 Å². The molecule has 2 amide bonds. The fourth-order valence-electron chi connectivity index (χ4n) is 1.27. The van der Waals surface area contributed by atoms with Crippen molar-refractivity contribution in [2.45, 2.75) is 41.9 Å². The molecular formula is C13H22N4O2S3. The van der Waals surface area contributed by atoms with Gasteiger partial charge in [-0.2, -0.15) is 0 Å². The highest BCUT2D eigenvalue weighted by atomic mass is 32.2. The molecule has 124 valence electrons. The van der Waals surface area contributed by atoms with Gasteiger partial charge in [0.15, 0.2) is 8.68 Å². The third-order valence-corrected chi connectivity index (χ3v) is 5.95. The van der Waals surface area contributed by atoms with Crippen LogP contribution in [0.2, 0.25) is 0 Å². The van der Waals surface area contributed by atoms with Crippen molar-refractivity contribution in [3.8, 4) is 0 Å². The van der Waals surface area contributed by atoms with Crippen molar-refractivity contribution in [1.82, 2.24) is 20.4 Å². The fourth-order valence-corrected chi connectivity index (χ4v) is 4.04. The molecule has 1 heterocycles. The summed E-state index contributed by atoms with van der Waals surface area (Å²) >= 11 is 4.17. The Balaban J connectivity index is 2.35. The van der Waals surface area contributed by atoms with Crippen molar-refractivity contribution in [3.05, 3.63) is 0 Å². The van der Waals surface area contributed by atoms with E-state index < -0.39 is 0 Å². The molecule has 0 aliphatic heterocycles. The van der Waals surface area contributed by atoms with Crippen molar-refractivity contribution in [1.29, 1.82) is 0 Å². The van der Waals surface area contributed by atoms with Crippen LogP contribution in [0.1, 0.15) is 27.2 Å². The zero-order chi connectivity index (χ0) is 16.5. The van der Waals surface area contributed by atoms with Gasteiger partial charge in [-0.3, -0.25) is 9.59 Å². The molecule has 22 heavy (non-hydrogen) atoms. The average Bonchev–Trinajstić information content (AvgIpc) is 2.95. The molecule has 0 spiro atoms. The smallest absolute Gasteiger partial charge is 0.232 e. The number of hydrogen-bond donors (Lipinski definition) is 1. The lowest BCUT2D eigenvalue weighted by molar-refractivity contribution is -0.128. The maximum atomic E-state index is 11.9. The van der Waals surface area contributed by atoms with E-state index in [2.05, 4.69) is 15.5 Å². The lowest BCUT2D eigenvalue weighted by atomic mass is 10.3. The van der Waals surface area contributed by atoms with Crippen molar-refractivity contribution in [3.63, 3.8) is 0 Å². The van der Waals surface area contributed by atoms with Gasteiger partial charge in [-0.1, -0.05) is 41.8 Å². The summed E-state index contributed by atoms with van der Waals surface area (Å²) < 4.78 is 1.50. The van der Waals surface area contributed by atoms with Crippen LogP contribution in [-0.4, -0.2) is 58.1 Å². The molecule has 1 rings (SSSR count). The van der Waals surface area contributed by atoms with Crippen LogP contribution < -0.4 is 5.32 Å². The number of carbonyl (C=O) groups excluding carboxylic acids is 2. The first kappa shape index (κ1) is 19.2. The average molecular weight is 363 g/mol. The number of nitrogens with one attached hydrogen (secondary N) is 1. The summed E-state index contributed by atoms with van der Waals surface area (Å²) in [7, 11) is 1.80. The predicted molar refractivity (Wildman–Crippen MR) is 92.6 cm³/mol. The van der Waals surface area contributed by atoms with E-state index in [0.717, 1.165) is 15.1 Å². The molecule has 1 aromatic rings. The molecule has 0 aliphatic carbocycles. The molecule has 9 heteroatoms. The molecular weight excluding hydrogens is 340 g/mol. The second kappa shape index (κ2) is 10.1.